The summed E-state index contributed by atoms with van der Waals surface area (Å²) >= 11 is 0. The number of aliphatic hydroxyl groups excluding tert-OH is 1. The molecule has 0 heterocycles. The standard InChI is InChI=1S/C21H31N3O7/c1-3-30-18(26)11-10-16(20(28)24-17(13-25)21(29)31-4-2)23-19(27)15(22)12-14-8-6-5-7-9-14/h5-9,15-17,25H,3-4,10-13,22H2,1-2H3,(H,23,27)(H,24,28)/t15-,16-,17-/m0/s1. The second kappa shape index (κ2) is 14.1. The van der Waals surface area contributed by atoms with E-state index in [4.69, 9.17) is 15.2 Å². The second-order valence-corrected chi connectivity index (χ2v) is 6.70. The molecular formula is C21H31N3O7. The van der Waals surface area contributed by atoms with E-state index in [0.29, 0.717) is 0 Å². The van der Waals surface area contributed by atoms with Gasteiger partial charge in [-0.2, -0.15) is 0 Å². The van der Waals surface area contributed by atoms with E-state index in [1.54, 1.807) is 13.8 Å². The fourth-order valence-electron chi connectivity index (χ4n) is 2.70. The third-order valence-corrected chi connectivity index (χ3v) is 4.28. The van der Waals surface area contributed by atoms with Crippen LogP contribution < -0.4 is 16.4 Å². The first-order chi connectivity index (χ1) is 14.8. The van der Waals surface area contributed by atoms with E-state index in [9.17, 15) is 24.3 Å². The molecule has 0 saturated heterocycles. The van der Waals surface area contributed by atoms with Gasteiger partial charge in [0, 0.05) is 6.42 Å². The lowest BCUT2D eigenvalue weighted by molar-refractivity contribution is -0.149. The molecule has 0 aliphatic rings. The van der Waals surface area contributed by atoms with Crippen molar-refractivity contribution in [3.05, 3.63) is 35.9 Å². The van der Waals surface area contributed by atoms with Gasteiger partial charge in [-0.25, -0.2) is 4.79 Å². The molecular weight excluding hydrogens is 406 g/mol. The molecule has 31 heavy (non-hydrogen) atoms. The summed E-state index contributed by atoms with van der Waals surface area (Å²) in [4.78, 5) is 48.8. The predicted octanol–water partition coefficient (Wildman–Crippen LogP) is -0.575. The summed E-state index contributed by atoms with van der Waals surface area (Å²) in [7, 11) is 0. The smallest absolute Gasteiger partial charge is 0.331 e. The Kier molecular flexibility index (Phi) is 11.9. The molecule has 0 aromatic heterocycles. The lowest BCUT2D eigenvalue weighted by Gasteiger charge is -2.23. The zero-order valence-electron chi connectivity index (χ0n) is 17.8. The van der Waals surface area contributed by atoms with Gasteiger partial charge in [0.2, 0.25) is 11.8 Å². The van der Waals surface area contributed by atoms with Gasteiger partial charge in [-0.05, 0) is 32.3 Å². The number of esters is 2. The van der Waals surface area contributed by atoms with Gasteiger partial charge < -0.3 is 30.9 Å². The number of nitrogens with one attached hydrogen (secondary N) is 2. The topological polar surface area (TPSA) is 157 Å². The molecule has 3 atom stereocenters. The average molecular weight is 437 g/mol. The van der Waals surface area contributed by atoms with E-state index in [1.165, 1.54) is 0 Å². The molecule has 0 aliphatic carbocycles. The molecule has 1 aromatic rings. The van der Waals surface area contributed by atoms with Crippen LogP contribution in [0.15, 0.2) is 30.3 Å². The Morgan fingerprint density at radius 3 is 2.16 bits per heavy atom. The number of carbonyl (C=O) groups excluding carboxylic acids is 4. The molecule has 0 radical (unpaired) electrons. The molecule has 1 aromatic carbocycles. The summed E-state index contributed by atoms with van der Waals surface area (Å²) in [6, 6.07) is 5.73. The van der Waals surface area contributed by atoms with Crippen LogP contribution in [0.1, 0.15) is 32.3 Å². The molecule has 0 fully saturated rings. The lowest BCUT2D eigenvalue weighted by atomic mass is 10.0. The zero-order valence-corrected chi connectivity index (χ0v) is 17.8. The van der Waals surface area contributed by atoms with Crippen molar-refractivity contribution in [3.8, 4) is 0 Å². The summed E-state index contributed by atoms with van der Waals surface area (Å²) < 4.78 is 9.65. The number of rotatable bonds is 13. The molecule has 0 bridgehead atoms. The highest BCUT2D eigenvalue weighted by molar-refractivity contribution is 5.92. The van der Waals surface area contributed by atoms with Crippen molar-refractivity contribution in [2.75, 3.05) is 19.8 Å². The van der Waals surface area contributed by atoms with Gasteiger partial charge in [0.05, 0.1) is 25.9 Å². The Bertz CT molecular complexity index is 727. The first-order valence-corrected chi connectivity index (χ1v) is 10.2. The second-order valence-electron chi connectivity index (χ2n) is 6.70. The van der Waals surface area contributed by atoms with Gasteiger partial charge >= 0.3 is 11.9 Å². The van der Waals surface area contributed by atoms with Crippen molar-refractivity contribution in [2.45, 2.75) is 51.2 Å². The Morgan fingerprint density at radius 1 is 0.968 bits per heavy atom. The quantitative estimate of drug-likeness (QED) is 0.299. The highest BCUT2D eigenvalue weighted by Gasteiger charge is 2.29. The van der Waals surface area contributed by atoms with E-state index < -0.39 is 48.5 Å². The molecule has 5 N–H and O–H groups in total. The number of hydrogen-bond donors (Lipinski definition) is 4. The molecule has 10 nitrogen and oxygen atoms in total. The first-order valence-electron chi connectivity index (χ1n) is 10.2. The summed E-state index contributed by atoms with van der Waals surface area (Å²) in [5.41, 5.74) is 6.81. The molecule has 172 valence electrons. The Hall–Kier alpha value is -2.98. The number of hydrogen-bond acceptors (Lipinski definition) is 8. The maximum absolute atomic E-state index is 12.7. The first kappa shape index (κ1) is 26.1. The minimum atomic E-state index is -1.30. The SMILES string of the molecule is CCOC(=O)CC[C@H](NC(=O)[C@@H](N)Cc1ccccc1)C(=O)N[C@@H](CO)C(=O)OCC. The molecule has 1 rings (SSSR count). The lowest BCUT2D eigenvalue weighted by Crippen LogP contribution is -2.55. The maximum Gasteiger partial charge on any atom is 0.331 e. The largest absolute Gasteiger partial charge is 0.466 e. The zero-order chi connectivity index (χ0) is 23.2. The highest BCUT2D eigenvalue weighted by atomic mass is 16.5. The van der Waals surface area contributed by atoms with Crippen molar-refractivity contribution in [1.82, 2.24) is 10.6 Å². The van der Waals surface area contributed by atoms with Crippen molar-refractivity contribution in [2.24, 2.45) is 5.73 Å². The number of ether oxygens (including phenoxy) is 2. The molecule has 0 spiro atoms. The van der Waals surface area contributed by atoms with Gasteiger partial charge in [0.15, 0.2) is 6.04 Å². The van der Waals surface area contributed by atoms with Crippen LogP contribution in [0.3, 0.4) is 0 Å². The predicted molar refractivity (Wildman–Crippen MR) is 112 cm³/mol. The number of carbonyl (C=O) groups is 4. The Morgan fingerprint density at radius 2 is 1.58 bits per heavy atom. The van der Waals surface area contributed by atoms with Gasteiger partial charge in [0.25, 0.3) is 0 Å². The number of aliphatic hydroxyl groups is 1. The van der Waals surface area contributed by atoms with Crippen molar-refractivity contribution in [1.29, 1.82) is 0 Å². The Balaban J connectivity index is 2.83. The summed E-state index contributed by atoms with van der Waals surface area (Å²) in [6.07, 6.45) is 0.0414. The number of benzene rings is 1. The van der Waals surface area contributed by atoms with Gasteiger partial charge in [-0.1, -0.05) is 30.3 Å². The maximum atomic E-state index is 12.7. The van der Waals surface area contributed by atoms with Crippen molar-refractivity contribution in [3.63, 3.8) is 0 Å². The highest BCUT2D eigenvalue weighted by Crippen LogP contribution is 2.05. The van der Waals surface area contributed by atoms with Crippen LogP contribution >= 0.6 is 0 Å². The number of nitrogens with two attached hydrogens (primary N) is 1. The monoisotopic (exact) mass is 437 g/mol. The average Bonchev–Trinajstić information content (AvgIpc) is 2.75. The minimum absolute atomic E-state index is 0.0720. The van der Waals surface area contributed by atoms with Crippen LogP contribution in [-0.2, 0) is 35.1 Å². The van der Waals surface area contributed by atoms with E-state index in [-0.39, 0.29) is 32.5 Å². The van der Waals surface area contributed by atoms with Crippen LogP contribution in [0.25, 0.3) is 0 Å². The van der Waals surface area contributed by atoms with Crippen LogP contribution in [0, 0.1) is 0 Å². The third kappa shape index (κ3) is 9.58. The van der Waals surface area contributed by atoms with Crippen molar-refractivity contribution < 1.29 is 33.8 Å². The van der Waals surface area contributed by atoms with E-state index in [1.807, 2.05) is 30.3 Å². The van der Waals surface area contributed by atoms with Crippen molar-refractivity contribution >= 4 is 23.8 Å². The van der Waals surface area contributed by atoms with Gasteiger partial charge in [-0.3, -0.25) is 14.4 Å². The normalized spacial score (nSPS) is 13.4. The summed E-state index contributed by atoms with van der Waals surface area (Å²) in [5.74, 6) is -2.69. The summed E-state index contributed by atoms with van der Waals surface area (Å²) in [6.45, 7) is 2.81. The fraction of sp³-hybridized carbons (Fsp3) is 0.524. The van der Waals surface area contributed by atoms with Crippen LogP contribution in [0.4, 0.5) is 0 Å². The van der Waals surface area contributed by atoms with E-state index in [0.717, 1.165) is 5.56 Å². The number of amides is 2. The third-order valence-electron chi connectivity index (χ3n) is 4.28. The van der Waals surface area contributed by atoms with Gasteiger partial charge in [0.1, 0.15) is 6.04 Å². The van der Waals surface area contributed by atoms with Gasteiger partial charge in [-0.15, -0.1) is 0 Å². The van der Waals surface area contributed by atoms with E-state index >= 15 is 0 Å². The van der Waals surface area contributed by atoms with E-state index in [2.05, 4.69) is 10.6 Å². The molecule has 0 saturated carbocycles. The van der Waals surface area contributed by atoms with Crippen LogP contribution in [-0.4, -0.2) is 66.8 Å². The molecule has 0 unspecified atom stereocenters. The van der Waals surface area contributed by atoms with Crippen LogP contribution in [0.2, 0.25) is 0 Å². The molecule has 0 aliphatic heterocycles. The summed E-state index contributed by atoms with van der Waals surface area (Å²) in [5, 5.41) is 14.2. The fourth-order valence-corrected chi connectivity index (χ4v) is 2.70. The molecule has 2 amide bonds. The Labute approximate surface area is 181 Å². The molecule has 10 heteroatoms. The van der Waals surface area contributed by atoms with Crippen LogP contribution in [0.5, 0.6) is 0 Å². The minimum Gasteiger partial charge on any atom is -0.466 e.